The highest BCUT2D eigenvalue weighted by Crippen LogP contribution is 2.12. The van der Waals surface area contributed by atoms with E-state index in [1.54, 1.807) is 17.7 Å². The fraction of sp³-hybridized carbons (Fsp3) is 0.611. The van der Waals surface area contributed by atoms with Crippen molar-refractivity contribution in [1.82, 2.24) is 19.6 Å². The molecule has 0 saturated heterocycles. The molecule has 0 amide bonds. The van der Waals surface area contributed by atoms with Crippen molar-refractivity contribution in [1.29, 1.82) is 0 Å². The quantitative estimate of drug-likeness (QED) is 0.837. The van der Waals surface area contributed by atoms with Crippen LogP contribution in [0, 0.1) is 13.8 Å². The van der Waals surface area contributed by atoms with Gasteiger partial charge in [0.15, 0.2) is 0 Å². The number of hydrogen-bond donors (Lipinski definition) is 1. The molecule has 2 aromatic rings. The number of aromatic nitrogens is 4. The molecule has 0 unspecified atom stereocenters. The molecule has 0 fully saturated rings. The van der Waals surface area contributed by atoms with Gasteiger partial charge in [0.25, 0.3) is 0 Å². The number of aryl methyl sites for hydroxylation is 2. The lowest BCUT2D eigenvalue weighted by Gasteiger charge is -2.09. The normalized spacial score (nSPS) is 10.8. The maximum absolute atomic E-state index is 11.5. The van der Waals surface area contributed by atoms with Crippen molar-refractivity contribution in [3.8, 4) is 0 Å². The summed E-state index contributed by atoms with van der Waals surface area (Å²) in [5.41, 5.74) is 3.21. The first-order valence-corrected chi connectivity index (χ1v) is 8.60. The number of esters is 1. The van der Waals surface area contributed by atoms with Crippen molar-refractivity contribution in [2.45, 2.75) is 67.2 Å². The number of carbonyl (C=O) groups is 1. The highest BCUT2D eigenvalue weighted by Gasteiger charge is 2.16. The van der Waals surface area contributed by atoms with E-state index in [-0.39, 0.29) is 18.6 Å². The molecule has 25 heavy (non-hydrogen) atoms. The second-order valence-corrected chi connectivity index (χ2v) is 6.40. The monoisotopic (exact) mass is 350 g/mol. The number of nitrogens with zero attached hydrogens (tertiary/aromatic N) is 4. The molecule has 2 rings (SSSR count). The molecular formula is C18H30N4O3. The minimum atomic E-state index is -0.304. The van der Waals surface area contributed by atoms with Gasteiger partial charge in [-0.2, -0.15) is 10.2 Å². The van der Waals surface area contributed by atoms with Crippen molar-refractivity contribution >= 4 is 5.97 Å². The van der Waals surface area contributed by atoms with Crippen LogP contribution >= 0.6 is 0 Å². The Kier molecular flexibility index (Phi) is 7.83. The Morgan fingerprint density at radius 1 is 1.08 bits per heavy atom. The van der Waals surface area contributed by atoms with Crippen LogP contribution in [0.4, 0.5) is 0 Å². The summed E-state index contributed by atoms with van der Waals surface area (Å²) in [6.45, 7) is 14.1. The summed E-state index contributed by atoms with van der Waals surface area (Å²) in [4.78, 5) is 11.5. The van der Waals surface area contributed by atoms with Crippen molar-refractivity contribution in [2.24, 2.45) is 0 Å². The molecule has 140 valence electrons. The number of carbonyl (C=O) groups excluding carboxylic acids is 1. The van der Waals surface area contributed by atoms with Gasteiger partial charge in [-0.1, -0.05) is 0 Å². The van der Waals surface area contributed by atoms with Gasteiger partial charge in [-0.3, -0.25) is 9.36 Å². The van der Waals surface area contributed by atoms with E-state index in [9.17, 15) is 4.79 Å². The fourth-order valence-electron chi connectivity index (χ4n) is 2.40. The van der Waals surface area contributed by atoms with Gasteiger partial charge in [-0.25, -0.2) is 4.79 Å². The summed E-state index contributed by atoms with van der Waals surface area (Å²) in [5.74, 6) is -0.304. The minimum absolute atomic E-state index is 0.0685. The van der Waals surface area contributed by atoms with Gasteiger partial charge in [0, 0.05) is 12.1 Å². The molecule has 2 aromatic heterocycles. The molecule has 0 saturated carbocycles. The molecule has 0 spiro atoms. The maximum atomic E-state index is 11.5. The first-order chi connectivity index (χ1) is 11.7. The molecule has 7 nitrogen and oxygen atoms in total. The van der Waals surface area contributed by atoms with Crippen LogP contribution in [-0.4, -0.2) is 37.2 Å². The van der Waals surface area contributed by atoms with Gasteiger partial charge in [0.2, 0.25) is 0 Å². The largest absolute Gasteiger partial charge is 0.461 e. The average Bonchev–Trinajstić information content (AvgIpc) is 3.11. The first kappa shape index (κ1) is 20.9. The van der Waals surface area contributed by atoms with Crippen LogP contribution in [0.2, 0.25) is 0 Å². The zero-order chi connectivity index (χ0) is 19.1. The van der Waals surface area contributed by atoms with Crippen LogP contribution in [0.15, 0.2) is 12.1 Å². The van der Waals surface area contributed by atoms with Gasteiger partial charge in [-0.05, 0) is 60.6 Å². The SMILES string of the molecule is CCOC(=O)c1cc(C)nn1C(C)C.Cc1cc(CO)n(C(C)C)n1. The minimum Gasteiger partial charge on any atom is -0.461 e. The molecule has 0 aromatic carbocycles. The lowest BCUT2D eigenvalue weighted by atomic mass is 10.3. The molecule has 7 heteroatoms. The van der Waals surface area contributed by atoms with Gasteiger partial charge in [0.05, 0.1) is 30.3 Å². The van der Waals surface area contributed by atoms with Crippen LogP contribution in [0.3, 0.4) is 0 Å². The number of aliphatic hydroxyl groups is 1. The third-order valence-electron chi connectivity index (χ3n) is 3.42. The summed E-state index contributed by atoms with van der Waals surface area (Å²) in [5, 5.41) is 17.4. The Bertz CT molecular complexity index is 687. The van der Waals surface area contributed by atoms with Crippen LogP contribution in [0.1, 0.15) is 74.3 Å². The van der Waals surface area contributed by atoms with Crippen LogP contribution in [-0.2, 0) is 11.3 Å². The van der Waals surface area contributed by atoms with E-state index in [0.29, 0.717) is 18.3 Å². The summed E-state index contributed by atoms with van der Waals surface area (Å²) >= 11 is 0. The van der Waals surface area contributed by atoms with Gasteiger partial charge in [-0.15, -0.1) is 0 Å². The Morgan fingerprint density at radius 3 is 2.04 bits per heavy atom. The average molecular weight is 350 g/mol. The zero-order valence-corrected chi connectivity index (χ0v) is 16.3. The van der Waals surface area contributed by atoms with E-state index in [0.717, 1.165) is 17.1 Å². The number of rotatable bonds is 5. The summed E-state index contributed by atoms with van der Waals surface area (Å²) in [6.07, 6.45) is 0. The Morgan fingerprint density at radius 2 is 1.60 bits per heavy atom. The molecule has 0 aliphatic heterocycles. The van der Waals surface area contributed by atoms with E-state index >= 15 is 0 Å². The molecule has 2 heterocycles. The standard InChI is InChI=1S/C10H16N2O2.C8H14N2O/c1-5-14-10(13)9-6-8(4)11-12(9)7(2)3;1-6(2)10-8(5-11)4-7(3)9-10/h6-7H,5H2,1-4H3;4,6,11H,5H2,1-3H3. The number of ether oxygens (including phenoxy) is 1. The molecule has 0 atom stereocenters. The highest BCUT2D eigenvalue weighted by atomic mass is 16.5. The van der Waals surface area contributed by atoms with E-state index in [2.05, 4.69) is 10.2 Å². The highest BCUT2D eigenvalue weighted by molar-refractivity contribution is 5.87. The number of aliphatic hydroxyl groups excluding tert-OH is 1. The lowest BCUT2D eigenvalue weighted by Crippen LogP contribution is -2.14. The summed E-state index contributed by atoms with van der Waals surface area (Å²) in [6, 6.07) is 4.15. The molecule has 0 aliphatic carbocycles. The second kappa shape index (κ2) is 9.36. The fourth-order valence-corrected chi connectivity index (χ4v) is 2.40. The van der Waals surface area contributed by atoms with E-state index in [1.807, 2.05) is 52.3 Å². The van der Waals surface area contributed by atoms with E-state index < -0.39 is 0 Å². The van der Waals surface area contributed by atoms with Gasteiger partial charge >= 0.3 is 5.97 Å². The van der Waals surface area contributed by atoms with Crippen LogP contribution in [0.5, 0.6) is 0 Å². The topological polar surface area (TPSA) is 82.2 Å². The van der Waals surface area contributed by atoms with Gasteiger partial charge in [0.1, 0.15) is 5.69 Å². The Hall–Kier alpha value is -2.15. The molecule has 1 N–H and O–H groups in total. The third-order valence-corrected chi connectivity index (χ3v) is 3.42. The zero-order valence-electron chi connectivity index (χ0n) is 16.3. The number of hydrogen-bond acceptors (Lipinski definition) is 5. The lowest BCUT2D eigenvalue weighted by molar-refractivity contribution is 0.0510. The first-order valence-electron chi connectivity index (χ1n) is 8.60. The smallest absolute Gasteiger partial charge is 0.356 e. The predicted molar refractivity (Wildman–Crippen MR) is 96.6 cm³/mol. The van der Waals surface area contributed by atoms with Crippen molar-refractivity contribution in [3.63, 3.8) is 0 Å². The summed E-state index contributed by atoms with van der Waals surface area (Å²) in [7, 11) is 0. The van der Waals surface area contributed by atoms with E-state index in [1.165, 1.54) is 0 Å². The van der Waals surface area contributed by atoms with Crippen LogP contribution < -0.4 is 0 Å². The molecular weight excluding hydrogens is 320 g/mol. The Balaban J connectivity index is 0.000000257. The molecule has 0 aliphatic rings. The predicted octanol–water partition coefficient (Wildman–Crippen LogP) is 3.21. The van der Waals surface area contributed by atoms with Crippen molar-refractivity contribution in [2.75, 3.05) is 6.61 Å². The second-order valence-electron chi connectivity index (χ2n) is 6.40. The van der Waals surface area contributed by atoms with Crippen molar-refractivity contribution in [3.05, 3.63) is 34.9 Å². The molecule has 0 radical (unpaired) electrons. The Labute approximate surface area is 149 Å². The molecule has 0 bridgehead atoms. The summed E-state index contributed by atoms with van der Waals surface area (Å²) < 4.78 is 8.46. The van der Waals surface area contributed by atoms with Crippen LogP contribution in [0.25, 0.3) is 0 Å². The third kappa shape index (κ3) is 5.70. The maximum Gasteiger partial charge on any atom is 0.356 e. The van der Waals surface area contributed by atoms with Crippen molar-refractivity contribution < 1.29 is 14.6 Å². The van der Waals surface area contributed by atoms with Gasteiger partial charge < -0.3 is 9.84 Å². The van der Waals surface area contributed by atoms with E-state index in [4.69, 9.17) is 9.84 Å².